The Morgan fingerprint density at radius 3 is 2.90 bits per heavy atom. The van der Waals surface area contributed by atoms with Gasteiger partial charge in [-0.2, -0.15) is 0 Å². The van der Waals surface area contributed by atoms with Gasteiger partial charge in [-0.15, -0.1) is 0 Å². The monoisotopic (exact) mass is 142 g/mol. The second kappa shape index (κ2) is 3.35. The molecule has 0 aromatic rings. The molecular formula is C8H18N2. The largest absolute Gasteiger partial charge is 0.330 e. The minimum Gasteiger partial charge on any atom is -0.330 e. The molecule has 0 aliphatic carbocycles. The summed E-state index contributed by atoms with van der Waals surface area (Å²) in [5.74, 6) is 0. The van der Waals surface area contributed by atoms with Crippen LogP contribution in [0.2, 0.25) is 0 Å². The topological polar surface area (TPSA) is 38.0 Å². The van der Waals surface area contributed by atoms with Crippen molar-refractivity contribution in [3.8, 4) is 0 Å². The van der Waals surface area contributed by atoms with Crippen molar-refractivity contribution in [1.82, 2.24) is 5.32 Å². The Kier molecular flexibility index (Phi) is 2.69. The third kappa shape index (κ3) is 1.96. The van der Waals surface area contributed by atoms with Gasteiger partial charge in [-0.3, -0.25) is 0 Å². The van der Waals surface area contributed by atoms with E-state index in [-0.39, 0.29) is 0 Å². The molecule has 0 amide bonds. The van der Waals surface area contributed by atoms with Crippen LogP contribution in [0.25, 0.3) is 0 Å². The van der Waals surface area contributed by atoms with Crippen LogP contribution >= 0.6 is 0 Å². The number of hydrogen-bond acceptors (Lipinski definition) is 2. The van der Waals surface area contributed by atoms with Gasteiger partial charge in [-0.25, -0.2) is 0 Å². The highest BCUT2D eigenvalue weighted by Gasteiger charge is 2.26. The predicted octanol–water partition coefficient (Wildman–Crippen LogP) is 0.867. The molecule has 1 atom stereocenters. The molecule has 1 aliphatic heterocycles. The van der Waals surface area contributed by atoms with Gasteiger partial charge in [0.05, 0.1) is 0 Å². The third-order valence-corrected chi connectivity index (χ3v) is 2.39. The normalized spacial score (nSPS) is 33.0. The lowest BCUT2D eigenvalue weighted by Gasteiger charge is -2.23. The van der Waals surface area contributed by atoms with Crippen LogP contribution in [0.15, 0.2) is 0 Å². The Hall–Kier alpha value is -0.0800. The summed E-state index contributed by atoms with van der Waals surface area (Å²) >= 11 is 0. The lowest BCUT2D eigenvalue weighted by molar-refractivity contribution is 0.376. The number of nitrogens with one attached hydrogen (secondary N) is 1. The fourth-order valence-corrected chi connectivity index (χ4v) is 1.66. The minimum atomic E-state index is 0.416. The molecule has 10 heavy (non-hydrogen) atoms. The van der Waals surface area contributed by atoms with Crippen LogP contribution in [0.1, 0.15) is 32.6 Å². The summed E-state index contributed by atoms with van der Waals surface area (Å²) in [5, 5.41) is 3.51. The van der Waals surface area contributed by atoms with E-state index >= 15 is 0 Å². The fraction of sp³-hybridized carbons (Fsp3) is 1.00. The van der Waals surface area contributed by atoms with Gasteiger partial charge in [0.25, 0.3) is 0 Å². The molecular weight excluding hydrogens is 124 g/mol. The first-order valence-corrected chi connectivity index (χ1v) is 4.22. The van der Waals surface area contributed by atoms with Gasteiger partial charge in [-0.05, 0) is 45.7 Å². The van der Waals surface area contributed by atoms with E-state index in [1.807, 2.05) is 0 Å². The molecule has 0 aromatic heterocycles. The van der Waals surface area contributed by atoms with Gasteiger partial charge in [0.1, 0.15) is 0 Å². The lowest BCUT2D eigenvalue weighted by atomic mass is 9.94. The Labute approximate surface area is 63.2 Å². The molecule has 0 saturated carbocycles. The lowest BCUT2D eigenvalue weighted by Crippen LogP contribution is -2.36. The number of rotatable bonds is 3. The molecule has 0 aromatic carbocycles. The maximum atomic E-state index is 5.44. The smallest absolute Gasteiger partial charge is 0.0154 e. The molecule has 1 aliphatic rings. The molecule has 1 unspecified atom stereocenters. The van der Waals surface area contributed by atoms with Crippen LogP contribution in [0.5, 0.6) is 0 Å². The predicted molar refractivity (Wildman–Crippen MR) is 43.9 cm³/mol. The van der Waals surface area contributed by atoms with Gasteiger partial charge in [0.2, 0.25) is 0 Å². The van der Waals surface area contributed by atoms with Crippen molar-refractivity contribution >= 4 is 0 Å². The first-order valence-electron chi connectivity index (χ1n) is 4.22. The molecule has 0 bridgehead atoms. The molecule has 2 nitrogen and oxygen atoms in total. The van der Waals surface area contributed by atoms with Crippen molar-refractivity contribution in [3.05, 3.63) is 0 Å². The van der Waals surface area contributed by atoms with Crippen molar-refractivity contribution in [2.45, 2.75) is 38.1 Å². The van der Waals surface area contributed by atoms with E-state index in [0.29, 0.717) is 5.54 Å². The summed E-state index contributed by atoms with van der Waals surface area (Å²) in [6.07, 6.45) is 5.06. The zero-order valence-electron chi connectivity index (χ0n) is 6.82. The average Bonchev–Trinajstić information content (AvgIpc) is 2.33. The average molecular weight is 142 g/mol. The highest BCUT2D eigenvalue weighted by molar-refractivity contribution is 4.88. The molecule has 1 saturated heterocycles. The Morgan fingerprint density at radius 1 is 1.60 bits per heavy atom. The molecule has 3 N–H and O–H groups in total. The number of hydrogen-bond donors (Lipinski definition) is 2. The zero-order valence-corrected chi connectivity index (χ0v) is 6.82. The van der Waals surface area contributed by atoms with Crippen molar-refractivity contribution in [2.24, 2.45) is 5.73 Å². The summed E-state index contributed by atoms with van der Waals surface area (Å²) in [7, 11) is 0. The van der Waals surface area contributed by atoms with E-state index in [0.717, 1.165) is 13.0 Å². The second-order valence-corrected chi connectivity index (χ2v) is 3.48. The molecule has 1 fully saturated rings. The molecule has 2 heteroatoms. The fourth-order valence-electron chi connectivity index (χ4n) is 1.66. The van der Waals surface area contributed by atoms with E-state index in [9.17, 15) is 0 Å². The molecule has 0 radical (unpaired) electrons. The third-order valence-electron chi connectivity index (χ3n) is 2.39. The van der Waals surface area contributed by atoms with Crippen LogP contribution in [0.4, 0.5) is 0 Å². The van der Waals surface area contributed by atoms with E-state index in [4.69, 9.17) is 5.73 Å². The van der Waals surface area contributed by atoms with Gasteiger partial charge in [-0.1, -0.05) is 0 Å². The minimum absolute atomic E-state index is 0.416. The highest BCUT2D eigenvalue weighted by Crippen LogP contribution is 2.22. The second-order valence-electron chi connectivity index (χ2n) is 3.48. The van der Waals surface area contributed by atoms with E-state index in [1.54, 1.807) is 0 Å². The first kappa shape index (κ1) is 8.02. The van der Waals surface area contributed by atoms with Crippen molar-refractivity contribution < 1.29 is 0 Å². The Morgan fingerprint density at radius 2 is 2.40 bits per heavy atom. The first-order chi connectivity index (χ1) is 4.77. The Balaban J connectivity index is 2.22. The van der Waals surface area contributed by atoms with Crippen LogP contribution in [-0.2, 0) is 0 Å². The SMILES string of the molecule is CC1(CCCN)CCCN1. The van der Waals surface area contributed by atoms with Gasteiger partial charge in [0.15, 0.2) is 0 Å². The quantitative estimate of drug-likeness (QED) is 0.613. The molecule has 60 valence electrons. The summed E-state index contributed by atoms with van der Waals surface area (Å²) in [6.45, 7) is 4.33. The van der Waals surface area contributed by atoms with E-state index in [1.165, 1.54) is 25.8 Å². The van der Waals surface area contributed by atoms with E-state index in [2.05, 4.69) is 12.2 Å². The summed E-state index contributed by atoms with van der Waals surface area (Å²) < 4.78 is 0. The van der Waals surface area contributed by atoms with Crippen molar-refractivity contribution in [1.29, 1.82) is 0 Å². The van der Waals surface area contributed by atoms with Gasteiger partial charge < -0.3 is 11.1 Å². The van der Waals surface area contributed by atoms with Crippen LogP contribution < -0.4 is 11.1 Å². The zero-order chi connectivity index (χ0) is 7.45. The highest BCUT2D eigenvalue weighted by atomic mass is 15.0. The summed E-state index contributed by atoms with van der Waals surface area (Å²) in [6, 6.07) is 0. The maximum Gasteiger partial charge on any atom is 0.0154 e. The Bertz CT molecular complexity index is 95.4. The molecule has 1 heterocycles. The van der Waals surface area contributed by atoms with Crippen molar-refractivity contribution in [3.63, 3.8) is 0 Å². The standard InChI is InChI=1S/C8H18N2/c1-8(4-2-6-9)5-3-7-10-8/h10H,2-7,9H2,1H3. The van der Waals surface area contributed by atoms with Gasteiger partial charge >= 0.3 is 0 Å². The van der Waals surface area contributed by atoms with Crippen molar-refractivity contribution in [2.75, 3.05) is 13.1 Å². The molecule has 1 rings (SSSR count). The molecule has 0 spiro atoms. The van der Waals surface area contributed by atoms with Crippen LogP contribution in [-0.4, -0.2) is 18.6 Å². The summed E-state index contributed by atoms with van der Waals surface area (Å²) in [4.78, 5) is 0. The summed E-state index contributed by atoms with van der Waals surface area (Å²) in [5.41, 5.74) is 5.85. The van der Waals surface area contributed by atoms with E-state index < -0.39 is 0 Å². The van der Waals surface area contributed by atoms with Gasteiger partial charge in [0, 0.05) is 5.54 Å². The van der Waals surface area contributed by atoms with Crippen LogP contribution in [0, 0.1) is 0 Å². The van der Waals surface area contributed by atoms with Crippen LogP contribution in [0.3, 0.4) is 0 Å². The number of nitrogens with two attached hydrogens (primary N) is 1. The maximum absolute atomic E-state index is 5.44.